The van der Waals surface area contributed by atoms with Crippen molar-refractivity contribution < 1.29 is 9.90 Å². The van der Waals surface area contributed by atoms with Gasteiger partial charge in [0, 0.05) is 12.0 Å². The van der Waals surface area contributed by atoms with E-state index in [1.54, 1.807) is 23.1 Å². The third-order valence-corrected chi connectivity index (χ3v) is 3.21. The molecule has 2 saturated heterocycles. The van der Waals surface area contributed by atoms with E-state index < -0.39 is 0 Å². The van der Waals surface area contributed by atoms with Gasteiger partial charge in [-0.2, -0.15) is 0 Å². The van der Waals surface area contributed by atoms with Crippen LogP contribution in [0.5, 0.6) is 5.75 Å². The van der Waals surface area contributed by atoms with Crippen LogP contribution in [-0.2, 0) is 4.79 Å². The molecule has 2 aliphatic heterocycles. The Balaban J connectivity index is 2.04. The van der Waals surface area contributed by atoms with Crippen molar-refractivity contribution in [3.63, 3.8) is 0 Å². The first kappa shape index (κ1) is 7.85. The van der Waals surface area contributed by atoms with E-state index in [-0.39, 0.29) is 17.6 Å². The van der Waals surface area contributed by atoms with Crippen LogP contribution < -0.4 is 4.90 Å². The molecule has 1 aromatic rings. The molecule has 3 fully saturated rings. The second kappa shape index (κ2) is 2.50. The Morgan fingerprint density at radius 1 is 1.29 bits per heavy atom. The fourth-order valence-electron chi connectivity index (χ4n) is 2.36. The number of benzene rings is 1. The van der Waals surface area contributed by atoms with Gasteiger partial charge in [-0.25, -0.2) is 0 Å². The zero-order chi connectivity index (χ0) is 9.71. The lowest BCUT2D eigenvalue weighted by Crippen LogP contribution is -2.29. The van der Waals surface area contributed by atoms with E-state index in [0.717, 1.165) is 12.8 Å². The molecule has 0 atom stereocenters. The van der Waals surface area contributed by atoms with Crippen molar-refractivity contribution in [2.75, 3.05) is 4.90 Å². The molecule has 4 rings (SSSR count). The molecule has 0 unspecified atom stereocenters. The molecule has 1 aromatic carbocycles. The number of hydrogen-bond donors (Lipinski definition) is 1. The minimum Gasteiger partial charge on any atom is -0.506 e. The highest BCUT2D eigenvalue weighted by molar-refractivity contribution is 6.01. The van der Waals surface area contributed by atoms with Crippen LogP contribution in [0, 0.1) is 5.92 Å². The van der Waals surface area contributed by atoms with Crippen molar-refractivity contribution in [2.24, 2.45) is 5.92 Å². The van der Waals surface area contributed by atoms with Crippen molar-refractivity contribution in [3.05, 3.63) is 24.3 Å². The lowest BCUT2D eigenvalue weighted by molar-refractivity contribution is -0.119. The Hall–Kier alpha value is -1.51. The number of phenolic OH excluding ortho intramolecular Hbond substituents is 1. The van der Waals surface area contributed by atoms with Crippen LogP contribution in [0.3, 0.4) is 0 Å². The zero-order valence-corrected chi connectivity index (χ0v) is 7.68. The molecule has 0 spiro atoms. The first-order chi connectivity index (χ1) is 6.77. The molecule has 1 aliphatic carbocycles. The number of anilines is 1. The van der Waals surface area contributed by atoms with Crippen molar-refractivity contribution >= 4 is 11.6 Å². The van der Waals surface area contributed by atoms with E-state index in [1.165, 1.54) is 0 Å². The van der Waals surface area contributed by atoms with Crippen LogP contribution in [-0.4, -0.2) is 17.1 Å². The summed E-state index contributed by atoms with van der Waals surface area (Å²) in [6.45, 7) is 0. The van der Waals surface area contributed by atoms with Gasteiger partial charge in [0.05, 0.1) is 5.69 Å². The SMILES string of the molecule is O=C1C2CC(C2)N1c1ccccc1O. The predicted molar refractivity (Wildman–Crippen MR) is 52.1 cm³/mol. The molecule has 3 aliphatic rings. The molecule has 2 heterocycles. The number of hydrogen-bond acceptors (Lipinski definition) is 2. The molecular formula is C11H11NO2. The van der Waals surface area contributed by atoms with Gasteiger partial charge in [0.15, 0.2) is 0 Å². The van der Waals surface area contributed by atoms with Crippen molar-refractivity contribution in [1.82, 2.24) is 0 Å². The molecule has 2 bridgehead atoms. The van der Waals surface area contributed by atoms with Crippen LogP contribution in [0.25, 0.3) is 0 Å². The molecule has 0 radical (unpaired) electrons. The van der Waals surface area contributed by atoms with Crippen LogP contribution in [0.15, 0.2) is 24.3 Å². The topological polar surface area (TPSA) is 40.5 Å². The van der Waals surface area contributed by atoms with E-state index in [1.807, 2.05) is 6.07 Å². The van der Waals surface area contributed by atoms with Gasteiger partial charge in [-0.05, 0) is 25.0 Å². The van der Waals surface area contributed by atoms with Gasteiger partial charge in [0.1, 0.15) is 5.75 Å². The van der Waals surface area contributed by atoms with E-state index in [4.69, 9.17) is 0 Å². The normalized spacial score (nSPS) is 29.1. The van der Waals surface area contributed by atoms with Crippen molar-refractivity contribution in [3.8, 4) is 5.75 Å². The molecule has 3 nitrogen and oxygen atoms in total. The maximum Gasteiger partial charge on any atom is 0.230 e. The number of amides is 1. The summed E-state index contributed by atoms with van der Waals surface area (Å²) in [6.07, 6.45) is 1.93. The fourth-order valence-corrected chi connectivity index (χ4v) is 2.36. The second-order valence-electron chi connectivity index (χ2n) is 4.02. The summed E-state index contributed by atoms with van der Waals surface area (Å²) >= 11 is 0. The van der Waals surface area contributed by atoms with Crippen LogP contribution in [0.2, 0.25) is 0 Å². The fraction of sp³-hybridized carbons (Fsp3) is 0.364. The highest BCUT2D eigenvalue weighted by atomic mass is 16.3. The summed E-state index contributed by atoms with van der Waals surface area (Å²) in [5.41, 5.74) is 0.669. The minimum absolute atomic E-state index is 0.177. The smallest absolute Gasteiger partial charge is 0.230 e. The maximum absolute atomic E-state index is 11.7. The van der Waals surface area contributed by atoms with Crippen molar-refractivity contribution in [1.29, 1.82) is 0 Å². The van der Waals surface area contributed by atoms with Crippen molar-refractivity contribution in [2.45, 2.75) is 18.9 Å². The number of carbonyl (C=O) groups is 1. The van der Waals surface area contributed by atoms with Crippen LogP contribution >= 0.6 is 0 Å². The Kier molecular flexibility index (Phi) is 1.40. The lowest BCUT2D eigenvalue weighted by atomic mass is 9.86. The molecule has 14 heavy (non-hydrogen) atoms. The first-order valence-electron chi connectivity index (χ1n) is 4.88. The largest absolute Gasteiger partial charge is 0.506 e. The standard InChI is InChI=1S/C11H11NO2/c13-10-4-2-1-3-9(10)12-8-5-7(6-8)11(12)14/h1-4,7-8,13H,5-6H2. The average molecular weight is 189 g/mol. The molecule has 3 heteroatoms. The molecule has 0 aromatic heterocycles. The van der Waals surface area contributed by atoms with Crippen LogP contribution in [0.1, 0.15) is 12.8 Å². The third-order valence-electron chi connectivity index (χ3n) is 3.21. The number of nitrogens with zero attached hydrogens (tertiary/aromatic N) is 1. The summed E-state index contributed by atoms with van der Waals surface area (Å²) in [7, 11) is 0. The first-order valence-corrected chi connectivity index (χ1v) is 4.88. The Labute approximate surface area is 82.0 Å². The lowest BCUT2D eigenvalue weighted by Gasteiger charge is -2.25. The van der Waals surface area contributed by atoms with Gasteiger partial charge < -0.3 is 10.0 Å². The quantitative estimate of drug-likeness (QED) is 0.727. The van der Waals surface area contributed by atoms with Gasteiger partial charge in [0.25, 0.3) is 0 Å². The maximum atomic E-state index is 11.7. The third kappa shape index (κ3) is 0.842. The number of para-hydroxylation sites is 2. The van der Waals surface area contributed by atoms with Gasteiger partial charge in [-0.1, -0.05) is 12.1 Å². The molecule has 1 amide bonds. The summed E-state index contributed by atoms with van der Waals surface area (Å²) in [5, 5.41) is 9.63. The summed E-state index contributed by atoms with van der Waals surface area (Å²) < 4.78 is 0. The number of fused-ring (bicyclic) bond motifs is 1. The van der Waals surface area contributed by atoms with E-state index in [9.17, 15) is 9.90 Å². The molecular weight excluding hydrogens is 178 g/mol. The highest BCUT2D eigenvalue weighted by Crippen LogP contribution is 2.46. The number of carbonyl (C=O) groups excluding carboxylic acids is 1. The van der Waals surface area contributed by atoms with E-state index in [2.05, 4.69) is 0 Å². The number of phenols is 1. The van der Waals surface area contributed by atoms with E-state index in [0.29, 0.717) is 11.7 Å². The number of aromatic hydroxyl groups is 1. The summed E-state index contributed by atoms with van der Waals surface area (Å²) in [6, 6.07) is 7.37. The van der Waals surface area contributed by atoms with E-state index >= 15 is 0 Å². The average Bonchev–Trinajstić information content (AvgIpc) is 2.56. The molecule has 1 saturated carbocycles. The van der Waals surface area contributed by atoms with Gasteiger partial charge in [0.2, 0.25) is 5.91 Å². The highest BCUT2D eigenvalue weighted by Gasteiger charge is 2.50. The van der Waals surface area contributed by atoms with Gasteiger partial charge in [-0.3, -0.25) is 4.79 Å². The Morgan fingerprint density at radius 3 is 2.57 bits per heavy atom. The van der Waals surface area contributed by atoms with Gasteiger partial charge >= 0.3 is 0 Å². The monoisotopic (exact) mass is 189 g/mol. The Bertz CT molecular complexity index is 396. The summed E-state index contributed by atoms with van der Waals surface area (Å²) in [4.78, 5) is 13.5. The Morgan fingerprint density at radius 2 is 2.00 bits per heavy atom. The molecule has 1 N–H and O–H groups in total. The predicted octanol–water partition coefficient (Wildman–Crippen LogP) is 1.52. The molecule has 72 valence electrons. The second-order valence-corrected chi connectivity index (χ2v) is 4.02. The van der Waals surface area contributed by atoms with Gasteiger partial charge in [-0.15, -0.1) is 0 Å². The summed E-state index contributed by atoms with van der Waals surface area (Å²) in [5.74, 6) is 0.601. The zero-order valence-electron chi connectivity index (χ0n) is 7.68. The van der Waals surface area contributed by atoms with Crippen LogP contribution in [0.4, 0.5) is 5.69 Å². The minimum atomic E-state index is 0.177. The number of rotatable bonds is 1.